The van der Waals surface area contributed by atoms with Gasteiger partial charge in [-0.2, -0.15) is 9.97 Å². The van der Waals surface area contributed by atoms with E-state index in [1.165, 1.54) is 11.3 Å². The molecular formula is C24H28N4O3. The minimum Gasteiger partial charge on any atom is -0.497 e. The molecule has 1 aliphatic rings. The average Bonchev–Trinajstić information content (AvgIpc) is 2.85. The normalized spacial score (nSPS) is 13.7. The Balaban J connectivity index is 1.43. The van der Waals surface area contributed by atoms with Gasteiger partial charge >= 0.3 is 6.01 Å². The van der Waals surface area contributed by atoms with Crippen LogP contribution in [0.3, 0.4) is 0 Å². The fourth-order valence-electron chi connectivity index (χ4n) is 3.55. The van der Waals surface area contributed by atoms with Gasteiger partial charge in [0.2, 0.25) is 0 Å². The molecule has 0 atom stereocenters. The highest BCUT2D eigenvalue weighted by atomic mass is 16.5. The second-order valence-corrected chi connectivity index (χ2v) is 7.30. The van der Waals surface area contributed by atoms with Gasteiger partial charge in [-0.15, -0.1) is 0 Å². The molecule has 7 heteroatoms. The third-order valence-electron chi connectivity index (χ3n) is 5.31. The molecule has 0 amide bonds. The summed E-state index contributed by atoms with van der Waals surface area (Å²) in [6, 6.07) is 18.8. The molecule has 0 unspecified atom stereocenters. The van der Waals surface area contributed by atoms with Crippen LogP contribution in [0, 0.1) is 0 Å². The SMILES string of the molecule is COc1ccc(CCNc2cc(-c3ccc(N4CCOCC4)cc3)nc(OC)n2)cc1. The van der Waals surface area contributed by atoms with E-state index in [0.717, 1.165) is 62.1 Å². The Labute approximate surface area is 183 Å². The highest BCUT2D eigenvalue weighted by molar-refractivity contribution is 5.66. The highest BCUT2D eigenvalue weighted by Crippen LogP contribution is 2.25. The van der Waals surface area contributed by atoms with Gasteiger partial charge in [-0.25, -0.2) is 0 Å². The van der Waals surface area contributed by atoms with Gasteiger partial charge < -0.3 is 24.4 Å². The Morgan fingerprint density at radius 2 is 1.68 bits per heavy atom. The molecule has 4 rings (SSSR count). The molecule has 1 N–H and O–H groups in total. The van der Waals surface area contributed by atoms with Crippen LogP contribution in [-0.2, 0) is 11.2 Å². The van der Waals surface area contributed by atoms with Gasteiger partial charge in [-0.1, -0.05) is 24.3 Å². The third kappa shape index (κ3) is 5.44. The molecular weight excluding hydrogens is 392 g/mol. The first kappa shape index (κ1) is 20.9. The first-order valence-corrected chi connectivity index (χ1v) is 10.5. The van der Waals surface area contributed by atoms with Crippen molar-refractivity contribution in [2.24, 2.45) is 0 Å². The highest BCUT2D eigenvalue weighted by Gasteiger charge is 2.12. The Bertz CT molecular complexity index is 971. The number of aromatic nitrogens is 2. The van der Waals surface area contributed by atoms with Crippen molar-refractivity contribution >= 4 is 11.5 Å². The van der Waals surface area contributed by atoms with Crippen LogP contribution < -0.4 is 19.7 Å². The number of methoxy groups -OCH3 is 2. The maximum atomic E-state index is 5.44. The molecule has 2 heterocycles. The molecule has 1 fully saturated rings. The van der Waals surface area contributed by atoms with Crippen molar-refractivity contribution in [2.75, 3.05) is 57.3 Å². The van der Waals surface area contributed by atoms with E-state index in [1.54, 1.807) is 14.2 Å². The minimum absolute atomic E-state index is 0.349. The molecule has 3 aromatic rings. The topological polar surface area (TPSA) is 68.7 Å². The first-order chi connectivity index (χ1) is 15.2. The van der Waals surface area contributed by atoms with Crippen molar-refractivity contribution in [3.8, 4) is 23.0 Å². The van der Waals surface area contributed by atoms with Crippen molar-refractivity contribution < 1.29 is 14.2 Å². The van der Waals surface area contributed by atoms with Crippen molar-refractivity contribution in [1.29, 1.82) is 0 Å². The molecule has 7 nitrogen and oxygen atoms in total. The zero-order valence-corrected chi connectivity index (χ0v) is 18.0. The maximum Gasteiger partial charge on any atom is 0.318 e. The number of morpholine rings is 1. The summed E-state index contributed by atoms with van der Waals surface area (Å²) in [4.78, 5) is 11.3. The Hall–Kier alpha value is -3.32. The lowest BCUT2D eigenvalue weighted by Gasteiger charge is -2.28. The molecule has 0 saturated carbocycles. The largest absolute Gasteiger partial charge is 0.497 e. The monoisotopic (exact) mass is 420 g/mol. The second-order valence-electron chi connectivity index (χ2n) is 7.30. The van der Waals surface area contributed by atoms with Crippen LogP contribution in [0.2, 0.25) is 0 Å². The molecule has 1 aliphatic heterocycles. The number of nitrogens with one attached hydrogen (secondary N) is 1. The van der Waals surface area contributed by atoms with Crippen molar-refractivity contribution in [2.45, 2.75) is 6.42 Å². The molecule has 162 valence electrons. The van der Waals surface area contributed by atoms with Crippen molar-refractivity contribution in [1.82, 2.24) is 9.97 Å². The van der Waals surface area contributed by atoms with E-state index in [4.69, 9.17) is 14.2 Å². The lowest BCUT2D eigenvalue weighted by Crippen LogP contribution is -2.36. The van der Waals surface area contributed by atoms with Crippen LogP contribution >= 0.6 is 0 Å². The van der Waals surface area contributed by atoms with E-state index in [2.05, 4.69) is 56.6 Å². The molecule has 31 heavy (non-hydrogen) atoms. The van der Waals surface area contributed by atoms with Gasteiger partial charge in [0.05, 0.1) is 33.1 Å². The van der Waals surface area contributed by atoms with Crippen LogP contribution in [0.25, 0.3) is 11.3 Å². The van der Waals surface area contributed by atoms with Crippen LogP contribution in [0.1, 0.15) is 5.56 Å². The number of anilines is 2. The van der Waals surface area contributed by atoms with E-state index in [1.807, 2.05) is 18.2 Å². The van der Waals surface area contributed by atoms with Crippen LogP contribution in [0.15, 0.2) is 54.6 Å². The van der Waals surface area contributed by atoms with Gasteiger partial charge in [0.25, 0.3) is 0 Å². The summed E-state index contributed by atoms with van der Waals surface area (Å²) < 4.78 is 16.0. The van der Waals surface area contributed by atoms with Crippen LogP contribution in [0.5, 0.6) is 11.8 Å². The summed E-state index contributed by atoms with van der Waals surface area (Å²) in [7, 11) is 3.26. The third-order valence-corrected chi connectivity index (χ3v) is 5.31. The average molecular weight is 421 g/mol. The van der Waals surface area contributed by atoms with Gasteiger partial charge in [-0.05, 0) is 36.2 Å². The molecule has 2 aromatic carbocycles. The molecule has 0 spiro atoms. The molecule has 1 saturated heterocycles. The zero-order valence-electron chi connectivity index (χ0n) is 18.0. The maximum absolute atomic E-state index is 5.44. The Morgan fingerprint density at radius 1 is 0.935 bits per heavy atom. The van der Waals surface area contributed by atoms with E-state index in [9.17, 15) is 0 Å². The predicted octanol–water partition coefficient (Wildman–Crippen LogP) is 3.65. The predicted molar refractivity (Wildman–Crippen MR) is 122 cm³/mol. The number of hydrogen-bond donors (Lipinski definition) is 1. The number of ether oxygens (including phenoxy) is 3. The fraction of sp³-hybridized carbons (Fsp3) is 0.333. The summed E-state index contributed by atoms with van der Waals surface area (Å²) in [6.07, 6.45) is 0.875. The second kappa shape index (κ2) is 10.1. The summed E-state index contributed by atoms with van der Waals surface area (Å²) in [5.74, 6) is 1.61. The Morgan fingerprint density at radius 3 is 2.35 bits per heavy atom. The number of hydrogen-bond acceptors (Lipinski definition) is 7. The van der Waals surface area contributed by atoms with Gasteiger partial charge in [0.1, 0.15) is 11.6 Å². The fourth-order valence-corrected chi connectivity index (χ4v) is 3.55. The lowest BCUT2D eigenvalue weighted by molar-refractivity contribution is 0.122. The zero-order chi connectivity index (χ0) is 21.5. The van der Waals surface area contributed by atoms with E-state index in [0.29, 0.717) is 6.01 Å². The number of benzene rings is 2. The lowest BCUT2D eigenvalue weighted by atomic mass is 10.1. The van der Waals surface area contributed by atoms with Gasteiger partial charge in [-0.3, -0.25) is 0 Å². The summed E-state index contributed by atoms with van der Waals surface area (Å²) in [5.41, 5.74) is 4.28. The first-order valence-electron chi connectivity index (χ1n) is 10.5. The number of nitrogens with zero attached hydrogens (tertiary/aromatic N) is 3. The van der Waals surface area contributed by atoms with Crippen molar-refractivity contribution in [3.05, 3.63) is 60.2 Å². The number of rotatable bonds is 8. The molecule has 0 radical (unpaired) electrons. The smallest absolute Gasteiger partial charge is 0.318 e. The van der Waals surface area contributed by atoms with Crippen molar-refractivity contribution in [3.63, 3.8) is 0 Å². The van der Waals surface area contributed by atoms with E-state index < -0.39 is 0 Å². The molecule has 0 aliphatic carbocycles. The van der Waals surface area contributed by atoms with Crippen LogP contribution in [-0.4, -0.2) is 57.0 Å². The summed E-state index contributed by atoms with van der Waals surface area (Å²) in [5, 5.41) is 3.39. The Kier molecular flexibility index (Phi) is 6.84. The standard InChI is InChI=1S/C24H28N4O3/c1-29-21-9-3-18(4-10-21)11-12-25-23-17-22(26-24(27-23)30-2)19-5-7-20(8-6-19)28-13-15-31-16-14-28/h3-10,17H,11-16H2,1-2H3,(H,25,26,27). The summed E-state index contributed by atoms with van der Waals surface area (Å²) >= 11 is 0. The van der Waals surface area contributed by atoms with Gasteiger partial charge in [0, 0.05) is 37.0 Å². The summed E-state index contributed by atoms with van der Waals surface area (Å²) in [6.45, 7) is 4.14. The quantitative estimate of drug-likeness (QED) is 0.596. The molecule has 0 bridgehead atoms. The minimum atomic E-state index is 0.349. The van der Waals surface area contributed by atoms with E-state index >= 15 is 0 Å². The van der Waals surface area contributed by atoms with Crippen LogP contribution in [0.4, 0.5) is 11.5 Å². The van der Waals surface area contributed by atoms with Gasteiger partial charge in [0.15, 0.2) is 0 Å². The molecule has 1 aromatic heterocycles. The van der Waals surface area contributed by atoms with E-state index in [-0.39, 0.29) is 0 Å².